The van der Waals surface area contributed by atoms with Crippen LogP contribution in [0, 0.1) is 0 Å². The fourth-order valence-corrected chi connectivity index (χ4v) is 2.50. The highest BCUT2D eigenvalue weighted by Crippen LogP contribution is 2.23. The van der Waals surface area contributed by atoms with Crippen LogP contribution in [-0.2, 0) is 11.8 Å². The number of aromatic nitrogens is 1. The number of rotatable bonds is 3. The summed E-state index contributed by atoms with van der Waals surface area (Å²) in [6.45, 7) is 6.47. The zero-order valence-corrected chi connectivity index (χ0v) is 13.8. The smallest absolute Gasteiger partial charge is 0.187 e. The normalized spacial score (nSPS) is 11.5. The first-order valence-corrected chi connectivity index (χ1v) is 7.46. The highest BCUT2D eigenvalue weighted by molar-refractivity contribution is 6.36. The summed E-state index contributed by atoms with van der Waals surface area (Å²) in [6, 6.07) is 9.59. The van der Waals surface area contributed by atoms with E-state index >= 15 is 0 Å². The van der Waals surface area contributed by atoms with E-state index in [1.54, 1.807) is 0 Å². The van der Waals surface area contributed by atoms with Crippen LogP contribution in [-0.4, -0.2) is 10.8 Å². The van der Waals surface area contributed by atoms with E-state index in [-0.39, 0.29) is 23.3 Å². The summed E-state index contributed by atoms with van der Waals surface area (Å²) in [4.78, 5) is 16.3. The molecule has 110 valence electrons. The molecule has 1 aromatic carbocycles. The zero-order chi connectivity index (χ0) is 15.6. The standard InChI is InChI=1S/C17H17Cl2NO/c1-17(2,3)12-6-4-11(5-7-12)8-15(21)16-14(19)9-13(18)10-20-16/h4-7,9-10H,8H2,1-3H3. The lowest BCUT2D eigenvalue weighted by Crippen LogP contribution is -2.11. The number of halogens is 2. The van der Waals surface area contributed by atoms with Crippen molar-refractivity contribution in [2.75, 3.05) is 0 Å². The van der Waals surface area contributed by atoms with Crippen molar-refractivity contribution in [3.63, 3.8) is 0 Å². The Bertz CT molecular complexity index is 657. The topological polar surface area (TPSA) is 30.0 Å². The van der Waals surface area contributed by atoms with E-state index in [9.17, 15) is 4.79 Å². The van der Waals surface area contributed by atoms with Crippen molar-refractivity contribution in [1.29, 1.82) is 0 Å². The fourth-order valence-electron chi connectivity index (χ4n) is 2.01. The van der Waals surface area contributed by atoms with Crippen LogP contribution in [0.2, 0.25) is 10.0 Å². The average molecular weight is 322 g/mol. The summed E-state index contributed by atoms with van der Waals surface area (Å²) >= 11 is 11.8. The van der Waals surface area contributed by atoms with Crippen LogP contribution in [0.15, 0.2) is 36.5 Å². The van der Waals surface area contributed by atoms with Gasteiger partial charge in [-0.05, 0) is 22.6 Å². The van der Waals surface area contributed by atoms with Gasteiger partial charge in [0.2, 0.25) is 0 Å². The fraction of sp³-hybridized carbons (Fsp3) is 0.294. The molecule has 2 rings (SSSR count). The van der Waals surface area contributed by atoms with Crippen molar-refractivity contribution in [1.82, 2.24) is 4.98 Å². The molecule has 0 aliphatic heterocycles. The Balaban J connectivity index is 2.16. The lowest BCUT2D eigenvalue weighted by molar-refractivity contribution is 0.0988. The first kappa shape index (κ1) is 16.0. The number of carbonyl (C=O) groups is 1. The maximum Gasteiger partial charge on any atom is 0.187 e. The Hall–Kier alpha value is -1.38. The molecule has 0 saturated heterocycles. The molecule has 0 spiro atoms. The molecule has 0 radical (unpaired) electrons. The number of pyridine rings is 1. The zero-order valence-electron chi connectivity index (χ0n) is 12.3. The maximum atomic E-state index is 12.2. The minimum Gasteiger partial charge on any atom is -0.292 e. The van der Waals surface area contributed by atoms with Crippen LogP contribution in [0.4, 0.5) is 0 Å². The second-order valence-electron chi connectivity index (χ2n) is 6.03. The summed E-state index contributed by atoms with van der Waals surface area (Å²) in [5.74, 6) is -0.111. The Kier molecular flexibility index (Phi) is 4.70. The molecule has 0 unspecified atom stereocenters. The molecule has 4 heteroatoms. The van der Waals surface area contributed by atoms with Crippen molar-refractivity contribution in [3.05, 3.63) is 63.4 Å². The SMILES string of the molecule is CC(C)(C)c1ccc(CC(=O)c2ncc(Cl)cc2Cl)cc1. The number of hydrogen-bond donors (Lipinski definition) is 0. The van der Waals surface area contributed by atoms with Crippen molar-refractivity contribution in [2.24, 2.45) is 0 Å². The Labute approximate surface area is 135 Å². The summed E-state index contributed by atoms with van der Waals surface area (Å²) in [6.07, 6.45) is 1.71. The highest BCUT2D eigenvalue weighted by Gasteiger charge is 2.15. The van der Waals surface area contributed by atoms with Gasteiger partial charge in [0.15, 0.2) is 5.78 Å². The number of ketones is 1. The van der Waals surface area contributed by atoms with Crippen LogP contribution in [0.25, 0.3) is 0 Å². The van der Waals surface area contributed by atoms with Gasteiger partial charge in [0.1, 0.15) is 5.69 Å². The lowest BCUT2D eigenvalue weighted by atomic mass is 9.86. The van der Waals surface area contributed by atoms with Crippen molar-refractivity contribution in [2.45, 2.75) is 32.6 Å². The van der Waals surface area contributed by atoms with Gasteiger partial charge in [-0.2, -0.15) is 0 Å². The molecule has 2 aromatic rings. The molecule has 0 atom stereocenters. The Morgan fingerprint density at radius 1 is 1.14 bits per heavy atom. The Morgan fingerprint density at radius 2 is 1.76 bits per heavy atom. The highest BCUT2D eigenvalue weighted by atomic mass is 35.5. The van der Waals surface area contributed by atoms with Gasteiger partial charge >= 0.3 is 0 Å². The maximum absolute atomic E-state index is 12.2. The van der Waals surface area contributed by atoms with E-state index in [4.69, 9.17) is 23.2 Å². The number of Topliss-reactive ketones (excluding diaryl/α,β-unsaturated/α-hetero) is 1. The molecule has 1 heterocycles. The summed E-state index contributed by atoms with van der Waals surface area (Å²) in [5, 5.41) is 0.713. The average Bonchev–Trinajstić information content (AvgIpc) is 2.38. The number of benzene rings is 1. The van der Waals surface area contributed by atoms with E-state index in [1.807, 2.05) is 12.1 Å². The van der Waals surface area contributed by atoms with Gasteiger partial charge in [0.25, 0.3) is 0 Å². The van der Waals surface area contributed by atoms with Crippen LogP contribution < -0.4 is 0 Å². The quantitative estimate of drug-likeness (QED) is 0.735. The van der Waals surface area contributed by atoms with E-state index in [2.05, 4.69) is 37.9 Å². The minimum absolute atomic E-state index is 0.101. The molecular formula is C17H17Cl2NO. The van der Waals surface area contributed by atoms with Gasteiger partial charge in [-0.15, -0.1) is 0 Å². The molecule has 2 nitrogen and oxygen atoms in total. The minimum atomic E-state index is -0.111. The largest absolute Gasteiger partial charge is 0.292 e. The number of hydrogen-bond acceptors (Lipinski definition) is 2. The van der Waals surface area contributed by atoms with Crippen LogP contribution in [0.1, 0.15) is 42.4 Å². The van der Waals surface area contributed by atoms with Gasteiger partial charge in [-0.25, -0.2) is 4.98 Å². The van der Waals surface area contributed by atoms with E-state index < -0.39 is 0 Å². The number of carbonyl (C=O) groups excluding carboxylic acids is 1. The molecule has 0 fully saturated rings. The van der Waals surface area contributed by atoms with Crippen LogP contribution >= 0.6 is 23.2 Å². The molecule has 0 bridgehead atoms. The molecule has 0 amide bonds. The van der Waals surface area contributed by atoms with E-state index in [0.717, 1.165) is 5.56 Å². The van der Waals surface area contributed by atoms with Gasteiger partial charge in [0.05, 0.1) is 10.0 Å². The Morgan fingerprint density at radius 3 is 2.29 bits per heavy atom. The molecule has 21 heavy (non-hydrogen) atoms. The second-order valence-corrected chi connectivity index (χ2v) is 6.87. The predicted octanol–water partition coefficient (Wildman–Crippen LogP) is 5.11. The molecular weight excluding hydrogens is 305 g/mol. The third kappa shape index (κ3) is 4.05. The number of nitrogens with zero attached hydrogens (tertiary/aromatic N) is 1. The van der Waals surface area contributed by atoms with E-state index in [1.165, 1.54) is 17.8 Å². The lowest BCUT2D eigenvalue weighted by Gasteiger charge is -2.19. The third-order valence-electron chi connectivity index (χ3n) is 3.26. The van der Waals surface area contributed by atoms with Gasteiger partial charge < -0.3 is 0 Å². The first-order valence-electron chi connectivity index (χ1n) is 6.71. The molecule has 0 N–H and O–H groups in total. The molecule has 0 saturated carbocycles. The van der Waals surface area contributed by atoms with E-state index in [0.29, 0.717) is 10.0 Å². The van der Waals surface area contributed by atoms with Gasteiger partial charge in [-0.3, -0.25) is 4.79 Å². The third-order valence-corrected chi connectivity index (χ3v) is 3.75. The van der Waals surface area contributed by atoms with Crippen LogP contribution in [0.5, 0.6) is 0 Å². The molecule has 0 aliphatic rings. The second kappa shape index (κ2) is 6.17. The monoisotopic (exact) mass is 321 g/mol. The summed E-state index contributed by atoms with van der Waals surface area (Å²) in [7, 11) is 0. The van der Waals surface area contributed by atoms with Crippen LogP contribution in [0.3, 0.4) is 0 Å². The summed E-state index contributed by atoms with van der Waals surface area (Å²) in [5.41, 5.74) is 2.55. The van der Waals surface area contributed by atoms with Crippen molar-refractivity contribution < 1.29 is 4.79 Å². The van der Waals surface area contributed by atoms with Crippen molar-refractivity contribution in [3.8, 4) is 0 Å². The molecule has 1 aromatic heterocycles. The van der Waals surface area contributed by atoms with Gasteiger partial charge in [0, 0.05) is 12.6 Å². The molecule has 0 aliphatic carbocycles. The summed E-state index contributed by atoms with van der Waals surface area (Å²) < 4.78 is 0. The predicted molar refractivity (Wildman–Crippen MR) is 87.4 cm³/mol. The van der Waals surface area contributed by atoms with Gasteiger partial charge in [-0.1, -0.05) is 68.2 Å². The van der Waals surface area contributed by atoms with Crippen molar-refractivity contribution >= 4 is 29.0 Å². The first-order chi connectivity index (χ1) is 9.77.